The zero-order valence-corrected chi connectivity index (χ0v) is 19.9. The molecule has 2 aliphatic rings. The maximum Gasteiger partial charge on any atom is 0.250 e. The number of benzene rings is 2. The van der Waals surface area contributed by atoms with E-state index in [1.165, 1.54) is 5.56 Å². The van der Waals surface area contributed by atoms with Crippen molar-refractivity contribution in [2.75, 3.05) is 37.7 Å². The molecule has 1 spiro atoms. The highest BCUT2D eigenvalue weighted by Gasteiger charge is 2.54. The number of nitrogens with one attached hydrogen (secondary N) is 1. The van der Waals surface area contributed by atoms with Crippen LogP contribution in [0.3, 0.4) is 0 Å². The number of hydrogen-bond donors (Lipinski definition) is 1. The molecule has 0 unspecified atom stereocenters. The van der Waals surface area contributed by atoms with Crippen LogP contribution in [0.1, 0.15) is 38.2 Å². The first-order chi connectivity index (χ1) is 16.5. The van der Waals surface area contributed by atoms with Crippen LogP contribution in [0.2, 0.25) is 0 Å². The molecule has 0 atom stereocenters. The van der Waals surface area contributed by atoms with Crippen molar-refractivity contribution in [2.24, 2.45) is 0 Å². The van der Waals surface area contributed by atoms with Gasteiger partial charge in [0.1, 0.15) is 12.1 Å². The van der Waals surface area contributed by atoms with Gasteiger partial charge in [0.15, 0.2) is 0 Å². The van der Waals surface area contributed by atoms with E-state index in [0.717, 1.165) is 18.5 Å². The summed E-state index contributed by atoms with van der Waals surface area (Å²) in [5.74, 6) is -0.00855. The van der Waals surface area contributed by atoms with Crippen LogP contribution in [0.4, 0.5) is 5.69 Å². The molecule has 2 saturated heterocycles. The summed E-state index contributed by atoms with van der Waals surface area (Å²) in [6, 6.07) is 19.9. The molecule has 2 aromatic rings. The van der Waals surface area contributed by atoms with Gasteiger partial charge in [0.2, 0.25) is 11.8 Å². The third-order valence-corrected chi connectivity index (χ3v) is 6.90. The van der Waals surface area contributed by atoms with E-state index in [1.54, 1.807) is 4.90 Å². The fourth-order valence-electron chi connectivity index (χ4n) is 5.04. The van der Waals surface area contributed by atoms with Gasteiger partial charge in [-0.1, -0.05) is 55.5 Å². The van der Waals surface area contributed by atoms with Gasteiger partial charge in [0.25, 0.3) is 5.91 Å². The van der Waals surface area contributed by atoms with Gasteiger partial charge in [-0.15, -0.1) is 0 Å². The van der Waals surface area contributed by atoms with Crippen LogP contribution in [-0.4, -0.2) is 65.9 Å². The van der Waals surface area contributed by atoms with Crippen LogP contribution in [0.25, 0.3) is 0 Å². The number of amides is 3. The van der Waals surface area contributed by atoms with Crippen LogP contribution in [0.5, 0.6) is 0 Å². The van der Waals surface area contributed by atoms with E-state index in [2.05, 4.69) is 10.2 Å². The van der Waals surface area contributed by atoms with Crippen molar-refractivity contribution >= 4 is 23.4 Å². The first-order valence-corrected chi connectivity index (χ1v) is 12.2. The Labute approximate surface area is 201 Å². The summed E-state index contributed by atoms with van der Waals surface area (Å²) in [4.78, 5) is 44.5. The summed E-state index contributed by atoms with van der Waals surface area (Å²) in [5.41, 5.74) is 1.42. The minimum atomic E-state index is -0.714. The Morgan fingerprint density at radius 2 is 1.62 bits per heavy atom. The summed E-state index contributed by atoms with van der Waals surface area (Å²) < 4.78 is 0. The lowest BCUT2D eigenvalue weighted by Gasteiger charge is -2.43. The van der Waals surface area contributed by atoms with E-state index < -0.39 is 5.54 Å². The van der Waals surface area contributed by atoms with E-state index in [9.17, 15) is 14.4 Å². The Hall–Kier alpha value is -3.35. The van der Waals surface area contributed by atoms with Crippen LogP contribution in [0, 0.1) is 0 Å². The average molecular weight is 463 g/mol. The molecule has 2 heterocycles. The normalized spacial score (nSPS) is 17.3. The lowest BCUT2D eigenvalue weighted by Crippen LogP contribution is -2.57. The van der Waals surface area contributed by atoms with Crippen molar-refractivity contribution in [1.82, 2.24) is 15.1 Å². The molecule has 0 saturated carbocycles. The monoisotopic (exact) mass is 462 g/mol. The Balaban J connectivity index is 1.43. The fraction of sp³-hybridized carbons (Fsp3) is 0.444. The van der Waals surface area contributed by atoms with Gasteiger partial charge in [-0.25, -0.2) is 0 Å². The number of anilines is 1. The fourth-order valence-corrected chi connectivity index (χ4v) is 5.04. The predicted octanol–water partition coefficient (Wildman–Crippen LogP) is 2.81. The highest BCUT2D eigenvalue weighted by atomic mass is 16.2. The van der Waals surface area contributed by atoms with Crippen LogP contribution in [-0.2, 0) is 20.8 Å². The van der Waals surface area contributed by atoms with Crippen LogP contribution < -0.4 is 10.2 Å². The quantitative estimate of drug-likeness (QED) is 0.655. The molecule has 0 radical (unpaired) electrons. The maximum atomic E-state index is 13.7. The molecule has 2 fully saturated rings. The molecule has 1 N–H and O–H groups in total. The largest absolute Gasteiger partial charge is 0.354 e. The number of piperidine rings is 1. The van der Waals surface area contributed by atoms with Crippen molar-refractivity contribution in [3.63, 3.8) is 0 Å². The van der Waals surface area contributed by atoms with Gasteiger partial charge in [-0.3, -0.25) is 14.4 Å². The standard InChI is InChI=1S/C27H34N4O3/c1-2-9-25(33)29-18-15-27(16-19-29)26(34)30(21-31(27)23-12-7-4-8-13-23)20-24(32)28-17-14-22-10-5-3-6-11-22/h3-8,10-13H,2,9,14-21H2,1H3,(H,28,32). The molecular formula is C27H34N4O3. The van der Waals surface area contributed by atoms with E-state index >= 15 is 0 Å². The SMILES string of the molecule is CCCC(=O)N1CCC2(CC1)C(=O)N(CC(=O)NCCc1ccccc1)CN2c1ccccc1. The number of carbonyl (C=O) groups is 3. The zero-order chi connectivity index (χ0) is 24.0. The third kappa shape index (κ3) is 5.08. The molecule has 180 valence electrons. The van der Waals surface area contributed by atoms with Gasteiger partial charge in [0, 0.05) is 31.7 Å². The van der Waals surface area contributed by atoms with E-state index in [-0.39, 0.29) is 24.3 Å². The van der Waals surface area contributed by atoms with E-state index in [1.807, 2.05) is 72.5 Å². The lowest BCUT2D eigenvalue weighted by atomic mass is 9.85. The first kappa shape index (κ1) is 23.8. The molecule has 34 heavy (non-hydrogen) atoms. The summed E-state index contributed by atoms with van der Waals surface area (Å²) in [6.07, 6.45) is 3.26. The molecular weight excluding hydrogens is 428 g/mol. The summed E-state index contributed by atoms with van der Waals surface area (Å²) in [6.45, 7) is 4.07. The number of hydrogen-bond acceptors (Lipinski definition) is 4. The summed E-state index contributed by atoms with van der Waals surface area (Å²) in [7, 11) is 0. The molecule has 0 bridgehead atoms. The zero-order valence-electron chi connectivity index (χ0n) is 19.9. The number of carbonyl (C=O) groups excluding carboxylic acids is 3. The molecule has 7 nitrogen and oxygen atoms in total. The van der Waals surface area contributed by atoms with Gasteiger partial charge < -0.3 is 20.0 Å². The Bertz CT molecular complexity index is 987. The lowest BCUT2D eigenvalue weighted by molar-refractivity contribution is -0.140. The highest BCUT2D eigenvalue weighted by molar-refractivity contribution is 5.96. The Kier molecular flexibility index (Phi) is 7.50. The molecule has 7 heteroatoms. The molecule has 0 aliphatic carbocycles. The van der Waals surface area contributed by atoms with Crippen molar-refractivity contribution in [3.05, 3.63) is 66.2 Å². The minimum Gasteiger partial charge on any atom is -0.354 e. The topological polar surface area (TPSA) is 73.0 Å². The Morgan fingerprint density at radius 3 is 2.26 bits per heavy atom. The third-order valence-electron chi connectivity index (χ3n) is 6.90. The van der Waals surface area contributed by atoms with E-state index in [0.29, 0.717) is 45.6 Å². The second-order valence-electron chi connectivity index (χ2n) is 9.16. The Morgan fingerprint density at radius 1 is 0.971 bits per heavy atom. The second kappa shape index (κ2) is 10.7. The van der Waals surface area contributed by atoms with E-state index in [4.69, 9.17) is 0 Å². The molecule has 3 amide bonds. The minimum absolute atomic E-state index is 0.0165. The van der Waals surface area contributed by atoms with Gasteiger partial charge in [0.05, 0.1) is 6.67 Å². The van der Waals surface area contributed by atoms with Crippen LogP contribution >= 0.6 is 0 Å². The number of likely N-dealkylation sites (tertiary alicyclic amines) is 1. The van der Waals surface area contributed by atoms with Gasteiger partial charge in [-0.2, -0.15) is 0 Å². The summed E-state index contributed by atoms with van der Waals surface area (Å²) >= 11 is 0. The van der Waals surface area contributed by atoms with Crippen LogP contribution in [0.15, 0.2) is 60.7 Å². The van der Waals surface area contributed by atoms with Crippen molar-refractivity contribution in [2.45, 2.75) is 44.6 Å². The number of rotatable bonds is 8. The predicted molar refractivity (Wildman–Crippen MR) is 132 cm³/mol. The van der Waals surface area contributed by atoms with Crippen molar-refractivity contribution in [3.8, 4) is 0 Å². The molecule has 0 aromatic heterocycles. The van der Waals surface area contributed by atoms with Crippen molar-refractivity contribution < 1.29 is 14.4 Å². The average Bonchev–Trinajstić information content (AvgIpc) is 3.12. The molecule has 4 rings (SSSR count). The highest BCUT2D eigenvalue weighted by Crippen LogP contribution is 2.39. The van der Waals surface area contributed by atoms with Gasteiger partial charge in [-0.05, 0) is 43.4 Å². The first-order valence-electron chi connectivity index (χ1n) is 12.2. The molecule has 2 aliphatic heterocycles. The maximum absolute atomic E-state index is 13.7. The number of nitrogens with zero attached hydrogens (tertiary/aromatic N) is 3. The van der Waals surface area contributed by atoms with Gasteiger partial charge >= 0.3 is 0 Å². The smallest absolute Gasteiger partial charge is 0.250 e. The molecule has 2 aromatic carbocycles. The second-order valence-corrected chi connectivity index (χ2v) is 9.16. The van der Waals surface area contributed by atoms with Crippen molar-refractivity contribution in [1.29, 1.82) is 0 Å². The summed E-state index contributed by atoms with van der Waals surface area (Å²) in [5, 5.41) is 2.96. The number of para-hydroxylation sites is 1.